The van der Waals surface area contributed by atoms with Crippen LogP contribution in [0.1, 0.15) is 0 Å². The molecule has 0 aromatic heterocycles. The molecule has 9 heavy (non-hydrogen) atoms. The molecule has 5 heteroatoms. The average molecular weight is 212 g/mol. The second-order valence-electron chi connectivity index (χ2n) is 1.05. The quantitative estimate of drug-likeness (QED) is 0.662. The van der Waals surface area contributed by atoms with Crippen molar-refractivity contribution in [3.63, 3.8) is 0 Å². The Morgan fingerprint density at radius 3 is 1.44 bits per heavy atom. The van der Waals surface area contributed by atoms with Gasteiger partial charge in [-0.15, -0.1) is 0 Å². The molecule has 57 valence electrons. The summed E-state index contributed by atoms with van der Waals surface area (Å²) in [5.41, 5.74) is 0. The van der Waals surface area contributed by atoms with Crippen molar-refractivity contribution >= 4 is 19.7 Å². The van der Waals surface area contributed by atoms with Crippen LogP contribution in [0.5, 0.6) is 0 Å². The maximum atomic E-state index is 4.86. The Morgan fingerprint density at radius 2 is 1.33 bits per heavy atom. The normalized spacial score (nSPS) is 7.56. The Labute approximate surface area is 71.1 Å². The standard InChI is InChI=1S/C4H10O2.2ClH.V/c1-5-3-4-6-2;;;/h3-4H2,1-2H3;2*1H;/q;;;+2/p-2. The maximum absolute atomic E-state index is 4.86. The Balaban J connectivity index is 0. The molecule has 0 saturated carbocycles. The van der Waals surface area contributed by atoms with Crippen LogP contribution in [0.4, 0.5) is 0 Å². The first-order chi connectivity index (χ1) is 4.33. The van der Waals surface area contributed by atoms with Gasteiger partial charge in [-0.05, 0) is 0 Å². The Kier molecular flexibility index (Phi) is 22.7. The summed E-state index contributed by atoms with van der Waals surface area (Å²) in [5.74, 6) is 0. The van der Waals surface area contributed by atoms with Gasteiger partial charge in [-0.25, -0.2) is 0 Å². The van der Waals surface area contributed by atoms with Gasteiger partial charge in [0, 0.05) is 14.2 Å². The molecule has 0 amide bonds. The number of rotatable bonds is 3. The van der Waals surface area contributed by atoms with Gasteiger partial charge >= 0.3 is 34.1 Å². The zero-order valence-electron chi connectivity index (χ0n) is 5.43. The van der Waals surface area contributed by atoms with E-state index in [1.165, 1.54) is 0 Å². The summed E-state index contributed by atoms with van der Waals surface area (Å²) < 4.78 is 9.31. The minimum atomic E-state index is -0.368. The summed E-state index contributed by atoms with van der Waals surface area (Å²) in [6, 6.07) is 0. The van der Waals surface area contributed by atoms with Gasteiger partial charge in [-0.3, -0.25) is 0 Å². The number of halogens is 2. The molecule has 0 aliphatic heterocycles. The molecular formula is C4H10Cl2O2V. The van der Waals surface area contributed by atoms with E-state index in [0.717, 1.165) is 0 Å². The third-order valence-corrected chi connectivity index (χ3v) is 0.492. The summed E-state index contributed by atoms with van der Waals surface area (Å²) in [4.78, 5) is 0. The predicted octanol–water partition coefficient (Wildman–Crippen LogP) is 1.66. The number of hydrogen-bond acceptors (Lipinski definition) is 2. The predicted molar refractivity (Wildman–Crippen MR) is 35.5 cm³/mol. The summed E-state index contributed by atoms with van der Waals surface area (Å²) in [6.07, 6.45) is 0. The first-order valence-electron chi connectivity index (χ1n) is 2.23. The summed E-state index contributed by atoms with van der Waals surface area (Å²) in [6.45, 7) is 1.38. The molecule has 0 saturated heterocycles. The van der Waals surface area contributed by atoms with Crippen LogP contribution >= 0.6 is 19.7 Å². The summed E-state index contributed by atoms with van der Waals surface area (Å²) in [7, 11) is 13.0. The summed E-state index contributed by atoms with van der Waals surface area (Å²) >= 11 is -0.368. The number of hydrogen-bond donors (Lipinski definition) is 0. The minimum absolute atomic E-state index is 0.368. The Bertz CT molecular complexity index is 35.7. The molecule has 0 aromatic rings. The van der Waals surface area contributed by atoms with Gasteiger partial charge in [0.25, 0.3) is 0 Å². The molecule has 0 rings (SSSR count). The molecule has 0 fully saturated rings. The van der Waals surface area contributed by atoms with E-state index in [9.17, 15) is 0 Å². The van der Waals surface area contributed by atoms with Gasteiger partial charge in [0.15, 0.2) is 0 Å². The summed E-state index contributed by atoms with van der Waals surface area (Å²) in [5, 5.41) is 0. The molecular weight excluding hydrogens is 202 g/mol. The van der Waals surface area contributed by atoms with E-state index in [0.29, 0.717) is 13.2 Å². The van der Waals surface area contributed by atoms with E-state index in [1.807, 2.05) is 0 Å². The van der Waals surface area contributed by atoms with Crippen molar-refractivity contribution in [2.45, 2.75) is 0 Å². The van der Waals surface area contributed by atoms with Crippen molar-refractivity contribution in [2.24, 2.45) is 0 Å². The molecule has 0 N–H and O–H groups in total. The van der Waals surface area contributed by atoms with Crippen LogP contribution in [0.3, 0.4) is 0 Å². The van der Waals surface area contributed by atoms with Crippen molar-refractivity contribution in [2.75, 3.05) is 27.4 Å². The van der Waals surface area contributed by atoms with Crippen molar-refractivity contribution in [1.82, 2.24) is 0 Å². The molecule has 0 atom stereocenters. The average Bonchev–Trinajstić information content (AvgIpc) is 1.86. The number of methoxy groups -OCH3 is 2. The third-order valence-electron chi connectivity index (χ3n) is 0.492. The van der Waals surface area contributed by atoms with E-state index in [2.05, 4.69) is 9.47 Å². The van der Waals surface area contributed by atoms with E-state index >= 15 is 0 Å². The van der Waals surface area contributed by atoms with Crippen LogP contribution in [0.15, 0.2) is 0 Å². The zero-order valence-corrected chi connectivity index (χ0v) is 8.34. The van der Waals surface area contributed by atoms with Gasteiger partial charge in [0.2, 0.25) is 0 Å². The van der Waals surface area contributed by atoms with Crippen LogP contribution in [0.2, 0.25) is 0 Å². The van der Waals surface area contributed by atoms with Gasteiger partial charge in [-0.1, -0.05) is 0 Å². The first kappa shape index (κ1) is 12.7. The van der Waals surface area contributed by atoms with Gasteiger partial charge < -0.3 is 9.47 Å². The number of ether oxygens (including phenoxy) is 2. The third kappa shape index (κ3) is 27.3. The monoisotopic (exact) mass is 211 g/mol. The topological polar surface area (TPSA) is 18.5 Å². The van der Waals surface area contributed by atoms with E-state index in [4.69, 9.17) is 19.7 Å². The zero-order chi connectivity index (χ0) is 7.54. The van der Waals surface area contributed by atoms with Crippen molar-refractivity contribution in [3.8, 4) is 0 Å². The van der Waals surface area contributed by atoms with Crippen LogP contribution in [0, 0.1) is 0 Å². The van der Waals surface area contributed by atoms with Gasteiger partial charge in [0.1, 0.15) is 0 Å². The SMILES string of the molecule is COCCOC.[Cl][V][Cl]. The van der Waals surface area contributed by atoms with Crippen LogP contribution in [-0.4, -0.2) is 27.4 Å². The Morgan fingerprint density at radius 1 is 1.11 bits per heavy atom. The Hall–Kier alpha value is 1.08. The van der Waals surface area contributed by atoms with Crippen molar-refractivity contribution < 1.29 is 23.8 Å². The van der Waals surface area contributed by atoms with E-state index in [1.54, 1.807) is 14.2 Å². The fraction of sp³-hybridized carbons (Fsp3) is 1.00. The van der Waals surface area contributed by atoms with Crippen molar-refractivity contribution in [1.29, 1.82) is 0 Å². The molecule has 0 aliphatic carbocycles. The molecule has 0 aliphatic rings. The molecule has 0 aromatic carbocycles. The molecule has 0 heterocycles. The fourth-order valence-corrected chi connectivity index (χ4v) is 0.167. The second kappa shape index (κ2) is 16.0. The van der Waals surface area contributed by atoms with Crippen LogP contribution in [0.25, 0.3) is 0 Å². The van der Waals surface area contributed by atoms with Gasteiger partial charge in [-0.2, -0.15) is 0 Å². The second-order valence-corrected chi connectivity index (χ2v) is 3.36. The molecule has 2 nitrogen and oxygen atoms in total. The van der Waals surface area contributed by atoms with E-state index in [-0.39, 0.29) is 14.4 Å². The van der Waals surface area contributed by atoms with Crippen LogP contribution in [-0.2, 0) is 23.8 Å². The molecule has 0 radical (unpaired) electrons. The van der Waals surface area contributed by atoms with Crippen LogP contribution < -0.4 is 0 Å². The van der Waals surface area contributed by atoms with Crippen molar-refractivity contribution in [3.05, 3.63) is 0 Å². The molecule has 0 bridgehead atoms. The molecule has 0 spiro atoms. The fourth-order valence-electron chi connectivity index (χ4n) is 0.167. The molecule has 0 unspecified atom stereocenters. The van der Waals surface area contributed by atoms with E-state index < -0.39 is 0 Å². The van der Waals surface area contributed by atoms with Gasteiger partial charge in [0.05, 0.1) is 13.2 Å². The first-order valence-corrected chi connectivity index (χ1v) is 6.08.